The number of fused-ring (bicyclic) bond motifs is 1. The van der Waals surface area contributed by atoms with Crippen LogP contribution in [-0.2, 0) is 30.1 Å². The average molecular weight is 433 g/mol. The fourth-order valence-electron chi connectivity index (χ4n) is 3.78. The van der Waals surface area contributed by atoms with E-state index in [1.807, 2.05) is 25.1 Å². The highest BCUT2D eigenvalue weighted by atomic mass is 16.2. The number of anilines is 1. The molecule has 0 aliphatic carbocycles. The SMILES string of the molecule is CCc1ccccc1NC(=O)CN1C(=O)N/C(=C/c2ccc3c(c2)n(C)c(=O)n3C)C1=O. The summed E-state index contributed by atoms with van der Waals surface area (Å²) >= 11 is 0. The number of aromatic nitrogens is 2. The van der Waals surface area contributed by atoms with Crippen LogP contribution in [0.3, 0.4) is 0 Å². The van der Waals surface area contributed by atoms with Gasteiger partial charge in [-0.25, -0.2) is 14.5 Å². The number of aryl methyl sites for hydroxylation is 3. The van der Waals surface area contributed by atoms with E-state index in [2.05, 4.69) is 10.6 Å². The summed E-state index contributed by atoms with van der Waals surface area (Å²) in [6, 6.07) is 12.0. The number of rotatable bonds is 5. The average Bonchev–Trinajstić information content (AvgIpc) is 3.16. The van der Waals surface area contributed by atoms with Crippen LogP contribution >= 0.6 is 0 Å². The van der Waals surface area contributed by atoms with Gasteiger partial charge in [0.05, 0.1) is 11.0 Å². The van der Waals surface area contributed by atoms with Crippen molar-refractivity contribution in [3.05, 3.63) is 69.8 Å². The molecule has 0 atom stereocenters. The minimum absolute atomic E-state index is 0.0667. The molecule has 3 aromatic rings. The van der Waals surface area contributed by atoms with Crippen LogP contribution in [0.2, 0.25) is 0 Å². The topological polar surface area (TPSA) is 105 Å². The van der Waals surface area contributed by atoms with Crippen molar-refractivity contribution in [2.24, 2.45) is 14.1 Å². The third kappa shape index (κ3) is 3.68. The Hall–Kier alpha value is -4.14. The minimum Gasteiger partial charge on any atom is -0.324 e. The van der Waals surface area contributed by atoms with Crippen LogP contribution in [0.4, 0.5) is 10.5 Å². The van der Waals surface area contributed by atoms with Crippen LogP contribution in [0.5, 0.6) is 0 Å². The molecular weight excluding hydrogens is 410 g/mol. The van der Waals surface area contributed by atoms with E-state index in [9.17, 15) is 19.2 Å². The van der Waals surface area contributed by atoms with Crippen LogP contribution in [0.15, 0.2) is 53.0 Å². The molecule has 4 amide bonds. The summed E-state index contributed by atoms with van der Waals surface area (Å²) in [5.74, 6) is -1.05. The van der Waals surface area contributed by atoms with Crippen molar-refractivity contribution in [1.82, 2.24) is 19.4 Å². The molecule has 2 N–H and O–H groups in total. The molecule has 4 rings (SSSR count). The Balaban J connectivity index is 1.53. The monoisotopic (exact) mass is 433 g/mol. The highest BCUT2D eigenvalue weighted by molar-refractivity contribution is 6.16. The summed E-state index contributed by atoms with van der Waals surface area (Å²) in [6.45, 7) is 1.58. The molecule has 1 aliphatic heterocycles. The number of carbonyl (C=O) groups excluding carboxylic acids is 3. The smallest absolute Gasteiger partial charge is 0.324 e. The van der Waals surface area contributed by atoms with Gasteiger partial charge in [-0.15, -0.1) is 0 Å². The molecule has 1 aliphatic rings. The number of nitrogens with one attached hydrogen (secondary N) is 2. The summed E-state index contributed by atoms with van der Waals surface area (Å²) in [5.41, 5.74) is 3.63. The van der Waals surface area contributed by atoms with Crippen molar-refractivity contribution >= 4 is 40.6 Å². The zero-order valence-corrected chi connectivity index (χ0v) is 18.0. The predicted molar refractivity (Wildman–Crippen MR) is 121 cm³/mol. The van der Waals surface area contributed by atoms with Crippen molar-refractivity contribution in [2.75, 3.05) is 11.9 Å². The van der Waals surface area contributed by atoms with Gasteiger partial charge in [0, 0.05) is 19.8 Å². The third-order valence-corrected chi connectivity index (χ3v) is 5.54. The molecule has 1 saturated heterocycles. The van der Waals surface area contributed by atoms with Gasteiger partial charge in [0.15, 0.2) is 0 Å². The van der Waals surface area contributed by atoms with Gasteiger partial charge >= 0.3 is 11.7 Å². The van der Waals surface area contributed by atoms with Gasteiger partial charge in [-0.2, -0.15) is 0 Å². The highest BCUT2D eigenvalue weighted by Gasteiger charge is 2.35. The zero-order valence-electron chi connectivity index (χ0n) is 18.0. The first kappa shape index (κ1) is 21.1. The summed E-state index contributed by atoms with van der Waals surface area (Å²) in [6.07, 6.45) is 2.27. The van der Waals surface area contributed by atoms with E-state index in [0.29, 0.717) is 16.8 Å². The van der Waals surface area contributed by atoms with Crippen molar-refractivity contribution in [1.29, 1.82) is 0 Å². The number of benzene rings is 2. The molecular formula is C23H23N5O4. The highest BCUT2D eigenvalue weighted by Crippen LogP contribution is 2.19. The first-order chi connectivity index (χ1) is 15.3. The number of imide groups is 1. The van der Waals surface area contributed by atoms with E-state index in [1.54, 1.807) is 38.4 Å². The molecule has 9 heteroatoms. The van der Waals surface area contributed by atoms with Crippen molar-refractivity contribution < 1.29 is 14.4 Å². The lowest BCUT2D eigenvalue weighted by atomic mass is 10.1. The molecule has 0 spiro atoms. The van der Waals surface area contributed by atoms with E-state index in [-0.39, 0.29) is 11.4 Å². The van der Waals surface area contributed by atoms with Gasteiger partial charge in [-0.05, 0) is 41.8 Å². The number of para-hydroxylation sites is 1. The molecule has 1 aromatic heterocycles. The molecule has 1 fully saturated rings. The maximum atomic E-state index is 12.8. The largest absolute Gasteiger partial charge is 0.329 e. The molecule has 0 radical (unpaired) electrons. The Morgan fingerprint density at radius 2 is 1.75 bits per heavy atom. The molecule has 32 heavy (non-hydrogen) atoms. The van der Waals surface area contributed by atoms with Crippen LogP contribution in [0.1, 0.15) is 18.1 Å². The standard InChI is InChI=1S/C23H23N5O4/c1-4-15-7-5-6-8-16(15)24-20(29)13-28-21(30)17(25-22(28)31)11-14-9-10-18-19(12-14)27(3)23(32)26(18)2/h5-12H,4,13H2,1-3H3,(H,24,29)(H,25,31)/b17-11+. The summed E-state index contributed by atoms with van der Waals surface area (Å²) in [5, 5.41) is 5.28. The molecule has 0 bridgehead atoms. The Morgan fingerprint density at radius 3 is 2.50 bits per heavy atom. The zero-order chi connectivity index (χ0) is 23.0. The number of hydrogen-bond donors (Lipinski definition) is 2. The van der Waals surface area contributed by atoms with Crippen LogP contribution < -0.4 is 16.3 Å². The molecule has 0 unspecified atom stereocenters. The molecule has 2 heterocycles. The Labute approximate surface area is 183 Å². The number of imidazole rings is 1. The normalized spacial score (nSPS) is 15.0. The van der Waals surface area contributed by atoms with Gasteiger partial charge in [0.25, 0.3) is 5.91 Å². The van der Waals surface area contributed by atoms with Gasteiger partial charge < -0.3 is 10.6 Å². The molecule has 164 valence electrons. The fourth-order valence-corrected chi connectivity index (χ4v) is 3.78. The van der Waals surface area contributed by atoms with E-state index in [0.717, 1.165) is 22.4 Å². The Morgan fingerprint density at radius 1 is 1.03 bits per heavy atom. The Bertz CT molecular complexity index is 1350. The van der Waals surface area contributed by atoms with E-state index >= 15 is 0 Å². The van der Waals surface area contributed by atoms with Gasteiger partial charge in [0.2, 0.25) is 5.91 Å². The minimum atomic E-state index is -0.659. The second-order valence-corrected chi connectivity index (χ2v) is 7.59. The predicted octanol–water partition coefficient (Wildman–Crippen LogP) is 1.97. The number of hydrogen-bond acceptors (Lipinski definition) is 4. The molecule has 0 saturated carbocycles. The summed E-state index contributed by atoms with van der Waals surface area (Å²) in [7, 11) is 3.35. The second kappa shape index (κ2) is 8.18. The number of amides is 4. The quantitative estimate of drug-likeness (QED) is 0.474. The van der Waals surface area contributed by atoms with Gasteiger partial charge in [0.1, 0.15) is 12.2 Å². The second-order valence-electron chi connectivity index (χ2n) is 7.59. The van der Waals surface area contributed by atoms with Crippen LogP contribution in [0, 0.1) is 0 Å². The fraction of sp³-hybridized carbons (Fsp3) is 0.217. The molecule has 9 nitrogen and oxygen atoms in total. The maximum absolute atomic E-state index is 12.8. The van der Waals surface area contributed by atoms with E-state index in [1.165, 1.54) is 15.2 Å². The maximum Gasteiger partial charge on any atom is 0.329 e. The third-order valence-electron chi connectivity index (χ3n) is 5.54. The molecule has 2 aromatic carbocycles. The number of carbonyl (C=O) groups is 3. The van der Waals surface area contributed by atoms with Crippen LogP contribution in [-0.4, -0.2) is 38.4 Å². The van der Waals surface area contributed by atoms with Crippen LogP contribution in [0.25, 0.3) is 17.1 Å². The van der Waals surface area contributed by atoms with Gasteiger partial charge in [-0.3, -0.25) is 18.7 Å². The lowest BCUT2D eigenvalue weighted by Crippen LogP contribution is -2.38. The lowest BCUT2D eigenvalue weighted by Gasteiger charge is -2.13. The van der Waals surface area contributed by atoms with Crippen molar-refractivity contribution in [3.8, 4) is 0 Å². The lowest BCUT2D eigenvalue weighted by molar-refractivity contribution is -0.127. The van der Waals surface area contributed by atoms with E-state index < -0.39 is 24.4 Å². The first-order valence-electron chi connectivity index (χ1n) is 10.2. The van der Waals surface area contributed by atoms with Crippen molar-refractivity contribution in [3.63, 3.8) is 0 Å². The number of urea groups is 1. The number of nitrogens with zero attached hydrogens (tertiary/aromatic N) is 3. The van der Waals surface area contributed by atoms with Crippen molar-refractivity contribution in [2.45, 2.75) is 13.3 Å². The summed E-state index contributed by atoms with van der Waals surface area (Å²) in [4.78, 5) is 50.5. The Kier molecular flexibility index (Phi) is 5.40. The van der Waals surface area contributed by atoms with Gasteiger partial charge in [-0.1, -0.05) is 31.2 Å². The summed E-state index contributed by atoms with van der Waals surface area (Å²) < 4.78 is 3.04. The first-order valence-corrected chi connectivity index (χ1v) is 10.2. The van der Waals surface area contributed by atoms with E-state index in [4.69, 9.17) is 0 Å².